The second kappa shape index (κ2) is 8.05. The number of hydrogen-bond donors (Lipinski definition) is 0. The molecule has 1 fully saturated rings. The second-order valence-corrected chi connectivity index (χ2v) is 7.55. The van der Waals surface area contributed by atoms with Crippen LogP contribution in [0, 0.1) is 0 Å². The van der Waals surface area contributed by atoms with Gasteiger partial charge in [-0.1, -0.05) is 0 Å². The third-order valence-electron chi connectivity index (χ3n) is 3.93. The average Bonchev–Trinajstić information content (AvgIpc) is 2.56. The molecular weight excluding hydrogens is 318 g/mol. The van der Waals surface area contributed by atoms with Crippen molar-refractivity contribution in [2.24, 2.45) is 0 Å². The first-order valence-corrected chi connectivity index (χ1v) is 9.26. The minimum Gasteiger partial charge on any atom is -0.478 e. The lowest BCUT2D eigenvalue weighted by atomic mass is 10.3. The van der Waals surface area contributed by atoms with E-state index in [1.165, 1.54) is 16.6 Å². The molecule has 0 amide bonds. The van der Waals surface area contributed by atoms with E-state index in [9.17, 15) is 8.42 Å². The minimum atomic E-state index is -3.56. The van der Waals surface area contributed by atoms with Crippen LogP contribution in [0.4, 0.5) is 0 Å². The van der Waals surface area contributed by atoms with Crippen molar-refractivity contribution in [1.82, 2.24) is 14.2 Å². The third-order valence-corrected chi connectivity index (χ3v) is 5.88. The molecule has 8 heteroatoms. The lowest BCUT2D eigenvalue weighted by Crippen LogP contribution is -2.46. The molecular formula is C15H25N3O4S. The number of aromatic nitrogens is 1. The quantitative estimate of drug-likeness (QED) is 0.730. The van der Waals surface area contributed by atoms with Gasteiger partial charge < -0.3 is 9.47 Å². The zero-order valence-electron chi connectivity index (χ0n) is 13.9. The molecule has 2 rings (SSSR count). The van der Waals surface area contributed by atoms with Gasteiger partial charge in [0.1, 0.15) is 4.90 Å². The Kier molecular flexibility index (Phi) is 6.34. The van der Waals surface area contributed by atoms with Gasteiger partial charge in [-0.05, 0) is 19.9 Å². The molecule has 1 saturated heterocycles. The summed E-state index contributed by atoms with van der Waals surface area (Å²) in [5.74, 6) is 0.426. The van der Waals surface area contributed by atoms with Crippen molar-refractivity contribution >= 4 is 10.0 Å². The summed E-state index contributed by atoms with van der Waals surface area (Å²) in [6, 6.07) is 2.98. The Bertz CT molecular complexity index is 585. The van der Waals surface area contributed by atoms with Crippen molar-refractivity contribution in [2.75, 3.05) is 46.5 Å². The first-order valence-electron chi connectivity index (χ1n) is 7.82. The largest absolute Gasteiger partial charge is 0.478 e. The van der Waals surface area contributed by atoms with E-state index in [0.29, 0.717) is 32.2 Å². The number of likely N-dealkylation sites (N-methyl/N-ethyl adjacent to an activating group) is 1. The van der Waals surface area contributed by atoms with Gasteiger partial charge in [-0.25, -0.2) is 13.4 Å². The number of morpholine rings is 1. The van der Waals surface area contributed by atoms with Crippen molar-refractivity contribution in [3.63, 3.8) is 0 Å². The summed E-state index contributed by atoms with van der Waals surface area (Å²) < 4.78 is 37.3. The number of ether oxygens (including phenoxy) is 2. The van der Waals surface area contributed by atoms with Crippen LogP contribution in [0.5, 0.6) is 5.88 Å². The van der Waals surface area contributed by atoms with E-state index in [1.54, 1.807) is 13.1 Å². The number of nitrogens with zero attached hydrogens (tertiary/aromatic N) is 3. The van der Waals surface area contributed by atoms with Crippen LogP contribution in [0.3, 0.4) is 0 Å². The minimum absolute atomic E-state index is 0.135. The van der Waals surface area contributed by atoms with Crippen LogP contribution in [-0.2, 0) is 14.8 Å². The lowest BCUT2D eigenvalue weighted by molar-refractivity contribution is 0.0314. The summed E-state index contributed by atoms with van der Waals surface area (Å²) >= 11 is 0. The lowest BCUT2D eigenvalue weighted by Gasteiger charge is -2.32. The molecule has 1 aromatic heterocycles. The van der Waals surface area contributed by atoms with E-state index in [2.05, 4.69) is 9.88 Å². The molecule has 2 heterocycles. The zero-order valence-corrected chi connectivity index (χ0v) is 14.8. The Morgan fingerprint density at radius 3 is 2.65 bits per heavy atom. The Balaban J connectivity index is 2.04. The second-order valence-electron chi connectivity index (χ2n) is 5.55. The van der Waals surface area contributed by atoms with Gasteiger partial charge in [-0.15, -0.1) is 0 Å². The summed E-state index contributed by atoms with van der Waals surface area (Å²) in [5.41, 5.74) is 0. The highest BCUT2D eigenvalue weighted by Crippen LogP contribution is 2.18. The van der Waals surface area contributed by atoms with Crippen LogP contribution in [0.1, 0.15) is 13.8 Å². The van der Waals surface area contributed by atoms with Gasteiger partial charge in [0, 0.05) is 38.8 Å². The molecule has 7 nitrogen and oxygen atoms in total. The third kappa shape index (κ3) is 4.63. The maximum absolute atomic E-state index is 12.7. The molecule has 23 heavy (non-hydrogen) atoms. The van der Waals surface area contributed by atoms with Crippen LogP contribution in [0.15, 0.2) is 23.2 Å². The monoisotopic (exact) mass is 343 g/mol. The van der Waals surface area contributed by atoms with E-state index >= 15 is 0 Å². The summed E-state index contributed by atoms with van der Waals surface area (Å²) in [6.07, 6.45) is 1.35. The van der Waals surface area contributed by atoms with E-state index < -0.39 is 10.0 Å². The number of rotatable bonds is 7. The SMILES string of the molecule is CCOc1ccc(S(=O)(=O)N(C)C(C)CN2CCOCC2)cn1. The summed E-state index contributed by atoms with van der Waals surface area (Å²) in [4.78, 5) is 6.43. The summed E-state index contributed by atoms with van der Waals surface area (Å²) in [5, 5.41) is 0. The fourth-order valence-corrected chi connectivity index (χ4v) is 3.73. The van der Waals surface area contributed by atoms with Gasteiger partial charge in [-0.2, -0.15) is 4.31 Å². The van der Waals surface area contributed by atoms with E-state index in [-0.39, 0.29) is 10.9 Å². The van der Waals surface area contributed by atoms with Crippen LogP contribution < -0.4 is 4.74 Å². The Hall–Kier alpha value is -1.22. The molecule has 0 bridgehead atoms. The zero-order chi connectivity index (χ0) is 16.9. The first-order chi connectivity index (χ1) is 10.9. The molecule has 0 radical (unpaired) electrons. The maximum Gasteiger partial charge on any atom is 0.244 e. The van der Waals surface area contributed by atoms with Gasteiger partial charge >= 0.3 is 0 Å². The predicted octanol–water partition coefficient (Wildman–Crippen LogP) is 0.822. The van der Waals surface area contributed by atoms with Crippen LogP contribution in [0.25, 0.3) is 0 Å². The van der Waals surface area contributed by atoms with Gasteiger partial charge in [0.25, 0.3) is 0 Å². The molecule has 1 atom stereocenters. The van der Waals surface area contributed by atoms with Gasteiger partial charge in [0.2, 0.25) is 15.9 Å². The molecule has 1 unspecified atom stereocenters. The molecule has 0 saturated carbocycles. The maximum atomic E-state index is 12.7. The molecule has 0 aliphatic carbocycles. The average molecular weight is 343 g/mol. The van der Waals surface area contributed by atoms with Crippen molar-refractivity contribution in [3.05, 3.63) is 18.3 Å². The van der Waals surface area contributed by atoms with Crippen LogP contribution in [0.2, 0.25) is 0 Å². The normalized spacial score (nSPS) is 18.1. The van der Waals surface area contributed by atoms with Crippen LogP contribution >= 0.6 is 0 Å². The highest BCUT2D eigenvalue weighted by Gasteiger charge is 2.27. The first kappa shape index (κ1) is 18.1. The molecule has 1 aliphatic heterocycles. The smallest absolute Gasteiger partial charge is 0.244 e. The fourth-order valence-electron chi connectivity index (χ4n) is 2.43. The molecule has 0 spiro atoms. The highest BCUT2D eigenvalue weighted by atomic mass is 32.2. The Labute approximate surface area is 138 Å². The van der Waals surface area contributed by atoms with Crippen molar-refractivity contribution in [1.29, 1.82) is 0 Å². The number of hydrogen-bond acceptors (Lipinski definition) is 6. The molecule has 0 N–H and O–H groups in total. The standard InChI is InChI=1S/C15H25N3O4S/c1-4-22-15-6-5-14(11-16-15)23(19,20)17(3)13(2)12-18-7-9-21-10-8-18/h5-6,11,13H,4,7-10,12H2,1-3H3. The van der Waals surface area contributed by atoms with Gasteiger partial charge in [-0.3, -0.25) is 4.90 Å². The number of pyridine rings is 1. The summed E-state index contributed by atoms with van der Waals surface area (Å²) in [6.45, 7) is 8.02. The molecule has 130 valence electrons. The fraction of sp³-hybridized carbons (Fsp3) is 0.667. The highest BCUT2D eigenvalue weighted by molar-refractivity contribution is 7.89. The molecule has 1 aromatic rings. The topological polar surface area (TPSA) is 72.0 Å². The van der Waals surface area contributed by atoms with Crippen molar-refractivity contribution in [3.8, 4) is 5.88 Å². The molecule has 0 aromatic carbocycles. The van der Waals surface area contributed by atoms with Crippen LogP contribution in [-0.4, -0.2) is 75.2 Å². The van der Waals surface area contributed by atoms with E-state index in [0.717, 1.165) is 13.1 Å². The van der Waals surface area contributed by atoms with Crippen molar-refractivity contribution in [2.45, 2.75) is 24.8 Å². The Morgan fingerprint density at radius 2 is 2.09 bits per heavy atom. The predicted molar refractivity (Wildman–Crippen MR) is 87.1 cm³/mol. The van der Waals surface area contributed by atoms with Gasteiger partial charge in [0.15, 0.2) is 0 Å². The Morgan fingerprint density at radius 1 is 1.39 bits per heavy atom. The molecule has 1 aliphatic rings. The number of sulfonamides is 1. The van der Waals surface area contributed by atoms with E-state index in [1.807, 2.05) is 13.8 Å². The summed E-state index contributed by atoms with van der Waals surface area (Å²) in [7, 11) is -1.96. The van der Waals surface area contributed by atoms with Crippen molar-refractivity contribution < 1.29 is 17.9 Å². The van der Waals surface area contributed by atoms with Gasteiger partial charge in [0.05, 0.1) is 26.0 Å². The van der Waals surface area contributed by atoms with E-state index in [4.69, 9.17) is 9.47 Å².